The van der Waals surface area contributed by atoms with Gasteiger partial charge in [0.05, 0.1) is 16.7 Å². The van der Waals surface area contributed by atoms with Crippen LogP contribution in [0, 0.1) is 6.92 Å². The fourth-order valence-electron chi connectivity index (χ4n) is 1.91. The predicted octanol–water partition coefficient (Wildman–Crippen LogP) is 0.874. The van der Waals surface area contributed by atoms with Gasteiger partial charge >= 0.3 is 0 Å². The normalized spacial score (nSPS) is 20.1. The molecule has 1 aliphatic heterocycles. The molecule has 1 saturated heterocycles. The lowest BCUT2D eigenvalue weighted by atomic mass is 10.2. The van der Waals surface area contributed by atoms with Gasteiger partial charge in [0.15, 0.2) is 0 Å². The maximum absolute atomic E-state index is 12.1. The monoisotopic (exact) mass is 239 g/mol. The van der Waals surface area contributed by atoms with Crippen LogP contribution in [0.4, 0.5) is 0 Å². The van der Waals surface area contributed by atoms with E-state index in [0.717, 1.165) is 12.8 Å². The Morgan fingerprint density at radius 2 is 2.50 bits per heavy atom. The summed E-state index contributed by atoms with van der Waals surface area (Å²) in [6.45, 7) is 2.44. The van der Waals surface area contributed by atoms with Crippen molar-refractivity contribution in [1.82, 2.24) is 10.1 Å². The van der Waals surface area contributed by atoms with E-state index >= 15 is 0 Å². The summed E-state index contributed by atoms with van der Waals surface area (Å²) in [7, 11) is 0. The molecule has 0 aromatic carbocycles. The zero-order chi connectivity index (χ0) is 11.7. The quantitative estimate of drug-likeness (QED) is 0.775. The molecule has 86 valence electrons. The first-order valence-electron chi connectivity index (χ1n) is 5.13. The molecular weight excluding hydrogens is 226 g/mol. The summed E-state index contributed by atoms with van der Waals surface area (Å²) in [4.78, 5) is 14.1. The Balaban J connectivity index is 2.18. The Bertz CT molecular complexity index is 429. The molecule has 0 bridgehead atoms. The number of aryl methyl sites for hydroxylation is 1. The van der Waals surface area contributed by atoms with Crippen LogP contribution in [0.2, 0.25) is 0 Å². The van der Waals surface area contributed by atoms with Crippen LogP contribution in [-0.4, -0.2) is 33.5 Å². The second-order valence-electron chi connectivity index (χ2n) is 3.89. The van der Waals surface area contributed by atoms with E-state index < -0.39 is 0 Å². The number of hydrogen-bond acceptors (Lipinski definition) is 4. The lowest BCUT2D eigenvalue weighted by Gasteiger charge is -2.22. The number of amides is 1. The van der Waals surface area contributed by atoms with Gasteiger partial charge in [0.1, 0.15) is 0 Å². The number of carbonyl (C=O) groups excluding carboxylic acids is 1. The van der Waals surface area contributed by atoms with Crippen LogP contribution in [0.5, 0.6) is 0 Å². The fraction of sp³-hybridized carbons (Fsp3) is 0.500. The molecule has 1 fully saturated rings. The zero-order valence-corrected chi connectivity index (χ0v) is 9.79. The van der Waals surface area contributed by atoms with E-state index in [1.807, 2.05) is 0 Å². The predicted molar refractivity (Wildman–Crippen MR) is 62.1 cm³/mol. The van der Waals surface area contributed by atoms with Crippen LogP contribution in [0.1, 0.15) is 29.1 Å². The Labute approximate surface area is 98.6 Å². The highest BCUT2D eigenvalue weighted by atomic mass is 32.1. The number of rotatable bonds is 2. The molecule has 2 N–H and O–H groups in total. The zero-order valence-electron chi connectivity index (χ0n) is 8.97. The molecule has 1 aliphatic rings. The maximum Gasteiger partial charge on any atom is 0.293 e. The first kappa shape index (κ1) is 11.1. The van der Waals surface area contributed by atoms with Gasteiger partial charge < -0.3 is 15.2 Å². The number of thiocarbonyl (C=S) groups is 1. The largest absolute Gasteiger partial charge is 0.392 e. The molecule has 0 spiro atoms. The first-order chi connectivity index (χ1) is 7.59. The van der Waals surface area contributed by atoms with Crippen molar-refractivity contribution in [3.05, 3.63) is 17.5 Å². The molecular formula is C10H13N3O2S. The molecule has 0 saturated carbocycles. The number of carbonyl (C=O) groups is 1. The smallest absolute Gasteiger partial charge is 0.293 e. The van der Waals surface area contributed by atoms with Crippen LogP contribution in [-0.2, 0) is 0 Å². The molecule has 16 heavy (non-hydrogen) atoms. The summed E-state index contributed by atoms with van der Waals surface area (Å²) in [5, 5.41) is 3.69. The Morgan fingerprint density at radius 3 is 3.06 bits per heavy atom. The summed E-state index contributed by atoms with van der Waals surface area (Å²) >= 11 is 4.94. The maximum atomic E-state index is 12.1. The van der Waals surface area contributed by atoms with Crippen molar-refractivity contribution in [2.75, 3.05) is 6.54 Å². The molecule has 6 heteroatoms. The van der Waals surface area contributed by atoms with Crippen LogP contribution in [0.3, 0.4) is 0 Å². The Hall–Kier alpha value is -1.43. The fourth-order valence-corrected chi connectivity index (χ4v) is 2.16. The highest BCUT2D eigenvalue weighted by molar-refractivity contribution is 7.80. The second kappa shape index (κ2) is 4.21. The van der Waals surface area contributed by atoms with Crippen molar-refractivity contribution < 1.29 is 9.32 Å². The van der Waals surface area contributed by atoms with Crippen molar-refractivity contribution in [3.8, 4) is 0 Å². The molecule has 1 aromatic rings. The van der Waals surface area contributed by atoms with Gasteiger partial charge in [-0.25, -0.2) is 0 Å². The number of likely N-dealkylation sites (tertiary alicyclic amines) is 1. The van der Waals surface area contributed by atoms with Crippen LogP contribution >= 0.6 is 12.2 Å². The van der Waals surface area contributed by atoms with Crippen molar-refractivity contribution >= 4 is 23.1 Å². The summed E-state index contributed by atoms with van der Waals surface area (Å²) in [6, 6.07) is 1.48. The third-order valence-corrected chi connectivity index (χ3v) is 2.95. The average molecular weight is 239 g/mol. The van der Waals surface area contributed by atoms with Gasteiger partial charge in [0.2, 0.25) is 5.76 Å². The number of nitrogens with two attached hydrogens (primary N) is 1. The van der Waals surface area contributed by atoms with E-state index in [9.17, 15) is 4.79 Å². The van der Waals surface area contributed by atoms with Crippen LogP contribution in [0.25, 0.3) is 0 Å². The van der Waals surface area contributed by atoms with Crippen LogP contribution in [0.15, 0.2) is 10.6 Å². The van der Waals surface area contributed by atoms with Crippen molar-refractivity contribution in [2.45, 2.75) is 25.8 Å². The van der Waals surface area contributed by atoms with Gasteiger partial charge in [-0.05, 0) is 19.8 Å². The topological polar surface area (TPSA) is 72.4 Å². The molecule has 1 atom stereocenters. The van der Waals surface area contributed by atoms with E-state index in [1.54, 1.807) is 17.9 Å². The molecule has 2 rings (SSSR count). The Kier molecular flexibility index (Phi) is 2.91. The lowest BCUT2D eigenvalue weighted by Crippen LogP contribution is -2.42. The van der Waals surface area contributed by atoms with E-state index in [0.29, 0.717) is 17.2 Å². The molecule has 1 aromatic heterocycles. The number of nitrogens with zero attached hydrogens (tertiary/aromatic N) is 2. The third kappa shape index (κ3) is 1.92. The van der Waals surface area contributed by atoms with Gasteiger partial charge in [0, 0.05) is 12.6 Å². The minimum absolute atomic E-state index is 0.145. The average Bonchev–Trinajstić information content (AvgIpc) is 2.84. The minimum Gasteiger partial charge on any atom is -0.392 e. The summed E-state index contributed by atoms with van der Waals surface area (Å²) in [5.74, 6) is 0.0663. The highest BCUT2D eigenvalue weighted by Gasteiger charge is 2.32. The minimum atomic E-state index is -0.184. The van der Waals surface area contributed by atoms with Gasteiger partial charge in [-0.15, -0.1) is 0 Å². The van der Waals surface area contributed by atoms with E-state index in [-0.39, 0.29) is 17.7 Å². The molecule has 5 nitrogen and oxygen atoms in total. The third-order valence-electron chi connectivity index (χ3n) is 2.68. The summed E-state index contributed by atoms with van der Waals surface area (Å²) in [6.07, 6.45) is 1.75. The molecule has 0 aliphatic carbocycles. The van der Waals surface area contributed by atoms with Gasteiger partial charge in [-0.1, -0.05) is 17.4 Å². The number of hydrogen-bond donors (Lipinski definition) is 1. The summed E-state index contributed by atoms with van der Waals surface area (Å²) < 4.78 is 4.94. The first-order valence-corrected chi connectivity index (χ1v) is 5.54. The highest BCUT2D eigenvalue weighted by Crippen LogP contribution is 2.20. The van der Waals surface area contributed by atoms with E-state index in [4.69, 9.17) is 22.5 Å². The van der Waals surface area contributed by atoms with Gasteiger partial charge in [-0.2, -0.15) is 0 Å². The lowest BCUT2D eigenvalue weighted by molar-refractivity contribution is 0.0728. The second-order valence-corrected chi connectivity index (χ2v) is 4.36. The summed E-state index contributed by atoms with van der Waals surface area (Å²) in [5.41, 5.74) is 6.29. The SMILES string of the molecule is Cc1cc(C(=O)N2CCCC2C(N)=S)on1. The van der Waals surface area contributed by atoms with E-state index in [1.165, 1.54) is 0 Å². The molecule has 1 unspecified atom stereocenters. The number of aromatic nitrogens is 1. The van der Waals surface area contributed by atoms with Crippen molar-refractivity contribution in [2.24, 2.45) is 5.73 Å². The standard InChI is InChI=1S/C10H13N3O2S/c1-6-5-8(15-12-6)10(14)13-4-2-3-7(13)9(11)16/h5,7H,2-4H2,1H3,(H2,11,16). The van der Waals surface area contributed by atoms with Crippen molar-refractivity contribution in [3.63, 3.8) is 0 Å². The molecule has 2 heterocycles. The van der Waals surface area contributed by atoms with Gasteiger partial charge in [-0.3, -0.25) is 4.79 Å². The molecule has 1 amide bonds. The Morgan fingerprint density at radius 1 is 1.75 bits per heavy atom. The molecule has 0 radical (unpaired) electrons. The van der Waals surface area contributed by atoms with Gasteiger partial charge in [0.25, 0.3) is 5.91 Å². The van der Waals surface area contributed by atoms with Crippen molar-refractivity contribution in [1.29, 1.82) is 0 Å². The van der Waals surface area contributed by atoms with Crippen LogP contribution < -0.4 is 5.73 Å². The van der Waals surface area contributed by atoms with E-state index in [2.05, 4.69) is 5.16 Å².